The van der Waals surface area contributed by atoms with Crippen LogP contribution in [0.4, 0.5) is 0 Å². The van der Waals surface area contributed by atoms with Crippen molar-refractivity contribution in [2.75, 3.05) is 0 Å². The molecule has 0 aliphatic rings. The minimum Gasteiger partial charge on any atom is -0.481 e. The monoisotopic (exact) mass is 272 g/mol. The third-order valence-electron chi connectivity index (χ3n) is 3.65. The molecule has 0 saturated carbocycles. The van der Waals surface area contributed by atoms with Gasteiger partial charge >= 0.3 is 11.9 Å². The largest absolute Gasteiger partial charge is 0.481 e. The van der Waals surface area contributed by atoms with E-state index in [9.17, 15) is 14.7 Å². The van der Waals surface area contributed by atoms with Crippen molar-refractivity contribution in [3.8, 4) is 0 Å². The highest BCUT2D eigenvalue weighted by molar-refractivity contribution is 5.70. The second-order valence-corrected chi connectivity index (χ2v) is 5.28. The first-order valence-electron chi connectivity index (χ1n) is 7.47. The summed E-state index contributed by atoms with van der Waals surface area (Å²) in [6.45, 7) is 4.22. The lowest BCUT2D eigenvalue weighted by Gasteiger charge is -2.23. The third kappa shape index (κ3) is 8.62. The van der Waals surface area contributed by atoms with E-state index < -0.39 is 11.9 Å². The smallest absolute Gasteiger partial charge is 0.306 e. The Hall–Kier alpha value is -1.06. The van der Waals surface area contributed by atoms with E-state index in [1.807, 2.05) is 0 Å². The maximum Gasteiger partial charge on any atom is 0.306 e. The lowest BCUT2D eigenvalue weighted by Crippen LogP contribution is -2.24. The van der Waals surface area contributed by atoms with Crippen molar-refractivity contribution in [2.24, 2.45) is 11.8 Å². The van der Waals surface area contributed by atoms with E-state index in [1.54, 1.807) is 0 Å². The van der Waals surface area contributed by atoms with Crippen molar-refractivity contribution in [1.82, 2.24) is 0 Å². The highest BCUT2D eigenvalue weighted by Gasteiger charge is 2.26. The molecule has 4 nitrogen and oxygen atoms in total. The van der Waals surface area contributed by atoms with Crippen LogP contribution in [0.5, 0.6) is 0 Å². The van der Waals surface area contributed by atoms with Gasteiger partial charge in [0.15, 0.2) is 0 Å². The molecule has 0 bridgehead atoms. The van der Waals surface area contributed by atoms with E-state index in [-0.39, 0.29) is 18.3 Å². The van der Waals surface area contributed by atoms with Crippen molar-refractivity contribution in [3.05, 3.63) is 0 Å². The second kappa shape index (κ2) is 10.8. The van der Waals surface area contributed by atoms with Gasteiger partial charge in [0.2, 0.25) is 0 Å². The molecule has 0 radical (unpaired) electrons. The minimum absolute atomic E-state index is 0.0675. The van der Waals surface area contributed by atoms with Crippen molar-refractivity contribution >= 4 is 11.9 Å². The topological polar surface area (TPSA) is 74.6 Å². The van der Waals surface area contributed by atoms with Gasteiger partial charge in [0, 0.05) is 6.42 Å². The zero-order chi connectivity index (χ0) is 14.7. The van der Waals surface area contributed by atoms with Gasteiger partial charge in [-0.05, 0) is 31.6 Å². The maximum atomic E-state index is 11.4. The number of carboxylic acid groups (broad SMARTS) is 2. The van der Waals surface area contributed by atoms with Gasteiger partial charge in [0.25, 0.3) is 0 Å². The van der Waals surface area contributed by atoms with Crippen LogP contribution in [-0.2, 0) is 9.59 Å². The molecule has 1 atom stereocenters. The number of unbranched alkanes of at least 4 members (excludes halogenated alkanes) is 2. The Morgan fingerprint density at radius 2 is 1.42 bits per heavy atom. The number of carbonyl (C=O) groups is 2. The van der Waals surface area contributed by atoms with Crippen LogP contribution < -0.4 is 0 Å². The Balaban J connectivity index is 4.45. The molecule has 0 aromatic rings. The molecule has 0 spiro atoms. The molecule has 0 heterocycles. The Morgan fingerprint density at radius 3 is 1.79 bits per heavy atom. The van der Waals surface area contributed by atoms with Crippen molar-refractivity contribution in [1.29, 1.82) is 0 Å². The molecule has 0 aromatic heterocycles. The summed E-state index contributed by atoms with van der Waals surface area (Å²) in [6.07, 6.45) is 7.16. The third-order valence-corrected chi connectivity index (χ3v) is 3.65. The van der Waals surface area contributed by atoms with Crippen LogP contribution in [0.1, 0.15) is 71.6 Å². The van der Waals surface area contributed by atoms with Gasteiger partial charge < -0.3 is 10.2 Å². The molecule has 2 N–H and O–H groups in total. The first kappa shape index (κ1) is 17.9. The quantitative estimate of drug-likeness (QED) is 0.564. The average molecular weight is 272 g/mol. The summed E-state index contributed by atoms with van der Waals surface area (Å²) in [5, 5.41) is 18.0. The number of carboxylic acids is 2. The van der Waals surface area contributed by atoms with Gasteiger partial charge in [-0.1, -0.05) is 39.5 Å². The predicted octanol–water partition coefficient (Wildman–Crippen LogP) is 3.94. The molecule has 19 heavy (non-hydrogen) atoms. The Morgan fingerprint density at radius 1 is 0.895 bits per heavy atom. The van der Waals surface area contributed by atoms with E-state index in [4.69, 9.17) is 5.11 Å². The van der Waals surface area contributed by atoms with Crippen LogP contribution in [0, 0.1) is 11.8 Å². The summed E-state index contributed by atoms with van der Waals surface area (Å²) in [5.41, 5.74) is 0. The molecule has 4 heteroatoms. The maximum absolute atomic E-state index is 11.4. The van der Waals surface area contributed by atoms with Crippen LogP contribution in [-0.4, -0.2) is 22.2 Å². The van der Waals surface area contributed by atoms with Gasteiger partial charge in [0.1, 0.15) is 0 Å². The molecule has 0 amide bonds. The van der Waals surface area contributed by atoms with Gasteiger partial charge in [-0.2, -0.15) is 0 Å². The predicted molar refractivity (Wildman–Crippen MR) is 75.2 cm³/mol. The Labute approximate surface area is 116 Å². The summed E-state index contributed by atoms with van der Waals surface area (Å²) < 4.78 is 0. The Bertz CT molecular complexity index is 255. The van der Waals surface area contributed by atoms with E-state index in [1.165, 1.54) is 0 Å². The zero-order valence-corrected chi connectivity index (χ0v) is 12.2. The van der Waals surface area contributed by atoms with Crippen LogP contribution in [0.3, 0.4) is 0 Å². The lowest BCUT2D eigenvalue weighted by molar-refractivity contribution is -0.145. The summed E-state index contributed by atoms with van der Waals surface area (Å²) in [7, 11) is 0. The highest BCUT2D eigenvalue weighted by Crippen LogP contribution is 2.28. The molecular formula is C15H28O4. The van der Waals surface area contributed by atoms with Crippen molar-refractivity contribution < 1.29 is 19.8 Å². The SMILES string of the molecule is CCCCC(CCCC)C(CCCC(=O)O)C(=O)O. The molecule has 1 unspecified atom stereocenters. The first-order valence-corrected chi connectivity index (χ1v) is 7.47. The molecule has 0 rings (SSSR count). The number of rotatable bonds is 12. The molecule has 112 valence electrons. The van der Waals surface area contributed by atoms with Crippen LogP contribution >= 0.6 is 0 Å². The van der Waals surface area contributed by atoms with Crippen molar-refractivity contribution in [3.63, 3.8) is 0 Å². The standard InChI is InChI=1S/C15H28O4/c1-3-5-8-12(9-6-4-2)13(15(18)19)10-7-11-14(16)17/h12-13H,3-11H2,1-2H3,(H,16,17)(H,18,19). The van der Waals surface area contributed by atoms with E-state index in [2.05, 4.69) is 13.8 Å². The molecule has 0 aromatic carbocycles. The minimum atomic E-state index is -0.845. The number of aliphatic carboxylic acids is 2. The molecule has 0 saturated heterocycles. The van der Waals surface area contributed by atoms with Gasteiger partial charge in [0.05, 0.1) is 5.92 Å². The van der Waals surface area contributed by atoms with E-state index in [0.717, 1.165) is 38.5 Å². The molecule has 0 aliphatic carbocycles. The summed E-state index contributed by atoms with van der Waals surface area (Å²) in [4.78, 5) is 21.9. The van der Waals surface area contributed by atoms with Crippen LogP contribution in [0.25, 0.3) is 0 Å². The molecule has 0 aliphatic heterocycles. The summed E-state index contributed by atoms with van der Waals surface area (Å²) >= 11 is 0. The van der Waals surface area contributed by atoms with E-state index >= 15 is 0 Å². The second-order valence-electron chi connectivity index (χ2n) is 5.28. The lowest BCUT2D eigenvalue weighted by atomic mass is 9.81. The van der Waals surface area contributed by atoms with Crippen LogP contribution in [0.2, 0.25) is 0 Å². The average Bonchev–Trinajstić information content (AvgIpc) is 2.35. The summed E-state index contributed by atoms with van der Waals surface area (Å²) in [5.74, 6) is -1.78. The fraction of sp³-hybridized carbons (Fsp3) is 0.867. The number of hydrogen-bond donors (Lipinski definition) is 2. The highest BCUT2D eigenvalue weighted by atomic mass is 16.4. The van der Waals surface area contributed by atoms with Gasteiger partial charge in [-0.15, -0.1) is 0 Å². The first-order chi connectivity index (χ1) is 9.02. The zero-order valence-electron chi connectivity index (χ0n) is 12.2. The fourth-order valence-electron chi connectivity index (χ4n) is 2.51. The molecule has 0 fully saturated rings. The normalized spacial score (nSPS) is 12.6. The van der Waals surface area contributed by atoms with Gasteiger partial charge in [-0.3, -0.25) is 9.59 Å². The van der Waals surface area contributed by atoms with Gasteiger partial charge in [-0.25, -0.2) is 0 Å². The summed E-state index contributed by atoms with van der Waals surface area (Å²) in [6, 6.07) is 0. The van der Waals surface area contributed by atoms with Crippen molar-refractivity contribution in [2.45, 2.75) is 71.6 Å². The number of hydrogen-bond acceptors (Lipinski definition) is 2. The van der Waals surface area contributed by atoms with E-state index in [0.29, 0.717) is 12.8 Å². The Kier molecular flexibility index (Phi) is 10.2. The fourth-order valence-corrected chi connectivity index (χ4v) is 2.51. The van der Waals surface area contributed by atoms with Crippen LogP contribution in [0.15, 0.2) is 0 Å². The molecular weight excluding hydrogens is 244 g/mol.